The summed E-state index contributed by atoms with van der Waals surface area (Å²) in [4.78, 5) is 11.1. The summed E-state index contributed by atoms with van der Waals surface area (Å²) >= 11 is 1.28. The number of carboxylic acids is 1. The van der Waals surface area contributed by atoms with Crippen LogP contribution in [0.1, 0.15) is 26.2 Å². The maximum absolute atomic E-state index is 11.1. The molecule has 0 radical (unpaired) electrons. The van der Waals surface area contributed by atoms with Crippen LogP contribution in [-0.4, -0.2) is 22.9 Å². The van der Waals surface area contributed by atoms with Crippen molar-refractivity contribution in [2.45, 2.75) is 31.4 Å². The van der Waals surface area contributed by atoms with Gasteiger partial charge in [0, 0.05) is 13.0 Å². The molecule has 2 rings (SSSR count). The summed E-state index contributed by atoms with van der Waals surface area (Å²) in [6.45, 7) is 2.97. The number of nitrogens with one attached hydrogen (secondary N) is 1. The number of benzene rings is 1. The van der Waals surface area contributed by atoms with Crippen LogP contribution in [0, 0.1) is 0 Å². The van der Waals surface area contributed by atoms with Crippen LogP contribution in [0.25, 0.3) is 0 Å². The van der Waals surface area contributed by atoms with E-state index < -0.39 is 11.2 Å². The molecule has 0 aliphatic carbocycles. The standard InChI is InChI=1S/C15H19NO3S/c1-2-3-9-16-12-10-13(14(17)18)20-15(12)19-11-7-5-4-6-8-11/h4-8,13,16H,2-3,9-10H2,1H3,(H,17,18). The summed E-state index contributed by atoms with van der Waals surface area (Å²) in [5, 5.41) is 12.7. The lowest BCUT2D eigenvalue weighted by molar-refractivity contribution is -0.136. The van der Waals surface area contributed by atoms with Gasteiger partial charge in [0.1, 0.15) is 11.0 Å². The Hall–Kier alpha value is -1.62. The molecule has 0 amide bonds. The second kappa shape index (κ2) is 7.24. The first-order chi connectivity index (χ1) is 9.70. The largest absolute Gasteiger partial charge is 0.480 e. The van der Waals surface area contributed by atoms with E-state index in [1.54, 1.807) is 0 Å². The van der Waals surface area contributed by atoms with Gasteiger partial charge in [-0.3, -0.25) is 4.79 Å². The van der Waals surface area contributed by atoms with Crippen molar-refractivity contribution in [3.8, 4) is 5.75 Å². The zero-order chi connectivity index (χ0) is 14.4. The molecule has 1 aromatic carbocycles. The smallest absolute Gasteiger partial charge is 0.317 e. The lowest BCUT2D eigenvalue weighted by atomic mass is 10.2. The first-order valence-electron chi connectivity index (χ1n) is 6.80. The highest BCUT2D eigenvalue weighted by molar-refractivity contribution is 8.04. The molecule has 0 aromatic heterocycles. The Morgan fingerprint density at radius 2 is 2.20 bits per heavy atom. The first-order valence-corrected chi connectivity index (χ1v) is 7.68. The first kappa shape index (κ1) is 14.8. The minimum absolute atomic E-state index is 0.460. The van der Waals surface area contributed by atoms with E-state index in [4.69, 9.17) is 9.84 Å². The predicted molar refractivity (Wildman–Crippen MR) is 80.6 cm³/mol. The second-order valence-corrected chi connectivity index (χ2v) is 5.79. The maximum atomic E-state index is 11.1. The molecule has 0 bridgehead atoms. The van der Waals surface area contributed by atoms with E-state index in [0.29, 0.717) is 11.5 Å². The number of carboxylic acid groups (broad SMARTS) is 1. The summed E-state index contributed by atoms with van der Waals surface area (Å²) in [6.07, 6.45) is 2.65. The van der Waals surface area contributed by atoms with Gasteiger partial charge in [-0.1, -0.05) is 43.3 Å². The highest BCUT2D eigenvalue weighted by Crippen LogP contribution is 2.37. The summed E-state index contributed by atoms with van der Waals surface area (Å²) < 4.78 is 5.82. The van der Waals surface area contributed by atoms with E-state index in [1.807, 2.05) is 30.3 Å². The van der Waals surface area contributed by atoms with E-state index in [0.717, 1.165) is 30.8 Å². The normalized spacial score (nSPS) is 18.1. The SMILES string of the molecule is CCCCNC1=C(Oc2ccccc2)SC(C(=O)O)C1. The minimum atomic E-state index is -0.795. The summed E-state index contributed by atoms with van der Waals surface area (Å²) in [5.41, 5.74) is 0.903. The van der Waals surface area contributed by atoms with Crippen molar-refractivity contribution in [1.29, 1.82) is 0 Å². The van der Waals surface area contributed by atoms with Gasteiger partial charge in [0.15, 0.2) is 5.09 Å². The van der Waals surface area contributed by atoms with Crippen LogP contribution in [0.4, 0.5) is 0 Å². The Morgan fingerprint density at radius 3 is 2.85 bits per heavy atom. The fourth-order valence-corrected chi connectivity index (χ4v) is 2.94. The van der Waals surface area contributed by atoms with E-state index in [1.165, 1.54) is 11.8 Å². The molecule has 4 nitrogen and oxygen atoms in total. The minimum Gasteiger partial charge on any atom is -0.480 e. The van der Waals surface area contributed by atoms with Gasteiger partial charge < -0.3 is 15.2 Å². The Labute approximate surface area is 123 Å². The third-order valence-corrected chi connectivity index (χ3v) is 4.18. The van der Waals surface area contributed by atoms with Gasteiger partial charge in [-0.2, -0.15) is 0 Å². The molecule has 1 atom stereocenters. The van der Waals surface area contributed by atoms with Crippen LogP contribution >= 0.6 is 11.8 Å². The number of ether oxygens (including phenoxy) is 1. The monoisotopic (exact) mass is 293 g/mol. The van der Waals surface area contributed by atoms with Gasteiger partial charge in [0.2, 0.25) is 0 Å². The molecular weight excluding hydrogens is 274 g/mol. The van der Waals surface area contributed by atoms with Gasteiger partial charge >= 0.3 is 5.97 Å². The molecule has 0 fully saturated rings. The average molecular weight is 293 g/mol. The van der Waals surface area contributed by atoms with Crippen LogP contribution < -0.4 is 10.1 Å². The molecule has 5 heteroatoms. The molecule has 0 spiro atoms. The Balaban J connectivity index is 2.06. The van der Waals surface area contributed by atoms with Gasteiger partial charge in [0.05, 0.1) is 5.70 Å². The number of hydrogen-bond donors (Lipinski definition) is 2. The van der Waals surface area contributed by atoms with Crippen molar-refractivity contribution in [2.24, 2.45) is 0 Å². The third-order valence-electron chi connectivity index (χ3n) is 2.98. The lowest BCUT2D eigenvalue weighted by Crippen LogP contribution is -2.19. The van der Waals surface area contributed by atoms with E-state index in [-0.39, 0.29) is 0 Å². The van der Waals surface area contributed by atoms with Gasteiger partial charge in [0.25, 0.3) is 0 Å². The third kappa shape index (κ3) is 3.93. The molecular formula is C15H19NO3S. The van der Waals surface area contributed by atoms with Gasteiger partial charge in [-0.05, 0) is 18.6 Å². The molecule has 108 valence electrons. The van der Waals surface area contributed by atoms with Crippen molar-refractivity contribution in [1.82, 2.24) is 5.32 Å². The zero-order valence-corrected chi connectivity index (χ0v) is 12.3. The number of para-hydroxylation sites is 1. The molecule has 1 heterocycles. The Kier molecular flexibility index (Phi) is 5.35. The number of allylic oxidation sites excluding steroid dienone is 1. The van der Waals surface area contributed by atoms with Crippen LogP contribution in [0.3, 0.4) is 0 Å². The van der Waals surface area contributed by atoms with Crippen molar-refractivity contribution >= 4 is 17.7 Å². The average Bonchev–Trinajstić information content (AvgIpc) is 2.84. The molecule has 2 N–H and O–H groups in total. The quantitative estimate of drug-likeness (QED) is 0.756. The van der Waals surface area contributed by atoms with E-state index >= 15 is 0 Å². The van der Waals surface area contributed by atoms with E-state index in [2.05, 4.69) is 12.2 Å². The highest BCUT2D eigenvalue weighted by atomic mass is 32.2. The molecule has 0 saturated heterocycles. The van der Waals surface area contributed by atoms with Gasteiger partial charge in [-0.15, -0.1) is 0 Å². The summed E-state index contributed by atoms with van der Waals surface area (Å²) in [6, 6.07) is 9.45. The Morgan fingerprint density at radius 1 is 1.45 bits per heavy atom. The summed E-state index contributed by atoms with van der Waals surface area (Å²) in [7, 11) is 0. The number of unbranched alkanes of at least 4 members (excludes halogenated alkanes) is 1. The summed E-state index contributed by atoms with van der Waals surface area (Å²) in [5.74, 6) is -0.0627. The van der Waals surface area contributed by atoms with Crippen LogP contribution in [0.2, 0.25) is 0 Å². The zero-order valence-electron chi connectivity index (χ0n) is 11.5. The second-order valence-electron chi connectivity index (χ2n) is 4.61. The predicted octanol–water partition coefficient (Wildman–Crippen LogP) is 3.21. The topological polar surface area (TPSA) is 58.6 Å². The van der Waals surface area contributed by atoms with Crippen molar-refractivity contribution in [3.05, 3.63) is 41.1 Å². The number of carbonyl (C=O) groups is 1. The van der Waals surface area contributed by atoms with Crippen molar-refractivity contribution < 1.29 is 14.6 Å². The number of aliphatic carboxylic acids is 1. The molecule has 1 aromatic rings. The molecule has 1 unspecified atom stereocenters. The van der Waals surface area contributed by atoms with Gasteiger partial charge in [-0.25, -0.2) is 0 Å². The number of rotatable bonds is 7. The van der Waals surface area contributed by atoms with Crippen LogP contribution in [0.5, 0.6) is 5.75 Å². The molecule has 0 saturated carbocycles. The lowest BCUT2D eigenvalue weighted by Gasteiger charge is -2.10. The highest BCUT2D eigenvalue weighted by Gasteiger charge is 2.32. The Bertz CT molecular complexity index is 487. The molecule has 1 aliphatic rings. The molecule has 1 aliphatic heterocycles. The van der Waals surface area contributed by atoms with Crippen molar-refractivity contribution in [3.63, 3.8) is 0 Å². The van der Waals surface area contributed by atoms with E-state index in [9.17, 15) is 4.79 Å². The van der Waals surface area contributed by atoms with Crippen LogP contribution in [0.15, 0.2) is 41.1 Å². The van der Waals surface area contributed by atoms with Crippen molar-refractivity contribution in [2.75, 3.05) is 6.54 Å². The maximum Gasteiger partial charge on any atom is 0.317 e. The molecule has 20 heavy (non-hydrogen) atoms. The van der Waals surface area contributed by atoms with Crippen LogP contribution in [-0.2, 0) is 4.79 Å². The fraction of sp³-hybridized carbons (Fsp3) is 0.400. The number of thioether (sulfide) groups is 1. The number of hydrogen-bond acceptors (Lipinski definition) is 4. The fourth-order valence-electron chi connectivity index (χ4n) is 1.89.